The number of nitrogens with one attached hydrogen (secondary N) is 1. The molecule has 0 spiro atoms. The van der Waals surface area contributed by atoms with Gasteiger partial charge in [0.05, 0.1) is 5.69 Å². The molecule has 2 aromatic rings. The summed E-state index contributed by atoms with van der Waals surface area (Å²) in [6.45, 7) is 8.26. The number of phenolic OH excluding ortho intramolecular Hbond substituents is 1. The predicted molar refractivity (Wildman–Crippen MR) is 85.6 cm³/mol. The molecule has 114 valence electrons. The van der Waals surface area contributed by atoms with Crippen LogP contribution in [0.15, 0.2) is 30.3 Å². The summed E-state index contributed by atoms with van der Waals surface area (Å²) in [6, 6.07) is 9.97. The molecule has 21 heavy (non-hydrogen) atoms. The van der Waals surface area contributed by atoms with Crippen LogP contribution in [0.4, 0.5) is 0 Å². The van der Waals surface area contributed by atoms with Gasteiger partial charge in [-0.05, 0) is 63.9 Å². The lowest BCUT2D eigenvalue weighted by molar-refractivity contribution is 0.473. The summed E-state index contributed by atoms with van der Waals surface area (Å²) in [4.78, 5) is 0. The fourth-order valence-corrected chi connectivity index (χ4v) is 2.54. The molecule has 0 aliphatic heterocycles. The fraction of sp³-hybridized carbons (Fsp3) is 0.471. The minimum atomic E-state index is 0.323. The Morgan fingerprint density at radius 1 is 1.24 bits per heavy atom. The molecule has 0 amide bonds. The second-order valence-electron chi connectivity index (χ2n) is 5.73. The molecule has 0 aliphatic carbocycles. The van der Waals surface area contributed by atoms with Crippen LogP contribution < -0.4 is 5.32 Å². The van der Waals surface area contributed by atoms with E-state index < -0.39 is 0 Å². The van der Waals surface area contributed by atoms with Crippen LogP contribution in [0.1, 0.15) is 30.3 Å². The van der Waals surface area contributed by atoms with Crippen LogP contribution in [0, 0.1) is 13.8 Å². The number of hydrogen-bond acceptors (Lipinski definition) is 3. The molecule has 2 rings (SSSR count). The molecule has 1 atom stereocenters. The maximum Gasteiger partial charge on any atom is 0.115 e. The molecule has 1 heterocycles. The van der Waals surface area contributed by atoms with Gasteiger partial charge in [0.2, 0.25) is 0 Å². The second-order valence-corrected chi connectivity index (χ2v) is 5.73. The van der Waals surface area contributed by atoms with E-state index in [1.165, 1.54) is 11.3 Å². The second kappa shape index (κ2) is 7.27. The molecule has 4 heteroatoms. The zero-order chi connectivity index (χ0) is 15.2. The smallest absolute Gasteiger partial charge is 0.115 e. The van der Waals surface area contributed by atoms with Gasteiger partial charge < -0.3 is 10.4 Å². The molecule has 0 saturated heterocycles. The minimum Gasteiger partial charge on any atom is -0.508 e. The van der Waals surface area contributed by atoms with E-state index in [0.717, 1.165) is 31.6 Å². The Kier molecular flexibility index (Phi) is 5.39. The molecule has 0 saturated carbocycles. The van der Waals surface area contributed by atoms with Crippen molar-refractivity contribution in [1.29, 1.82) is 0 Å². The van der Waals surface area contributed by atoms with Crippen molar-refractivity contribution < 1.29 is 5.11 Å². The Morgan fingerprint density at radius 2 is 1.95 bits per heavy atom. The molecule has 4 nitrogen and oxygen atoms in total. The maximum absolute atomic E-state index is 9.27. The molecular formula is C17H25N3O. The van der Waals surface area contributed by atoms with Gasteiger partial charge >= 0.3 is 0 Å². The van der Waals surface area contributed by atoms with Crippen molar-refractivity contribution in [3.05, 3.63) is 47.3 Å². The highest BCUT2D eigenvalue weighted by atomic mass is 16.3. The van der Waals surface area contributed by atoms with Gasteiger partial charge in [0, 0.05) is 18.3 Å². The summed E-state index contributed by atoms with van der Waals surface area (Å²) in [5.74, 6) is 0.323. The predicted octanol–water partition coefficient (Wildman–Crippen LogP) is 2.82. The highest BCUT2D eigenvalue weighted by Gasteiger charge is 2.04. The van der Waals surface area contributed by atoms with Gasteiger partial charge in [0.1, 0.15) is 5.75 Å². The fourth-order valence-electron chi connectivity index (χ4n) is 2.54. The SMILES string of the molecule is Cc1cc(C)n(CCCNC(C)Cc2ccc(O)cc2)n1. The molecule has 0 radical (unpaired) electrons. The third-order valence-corrected chi connectivity index (χ3v) is 3.62. The van der Waals surface area contributed by atoms with Crippen LogP contribution >= 0.6 is 0 Å². The molecular weight excluding hydrogens is 262 g/mol. The molecule has 0 bridgehead atoms. The van der Waals surface area contributed by atoms with Gasteiger partial charge in [-0.1, -0.05) is 12.1 Å². The van der Waals surface area contributed by atoms with E-state index >= 15 is 0 Å². The van der Waals surface area contributed by atoms with Crippen molar-refractivity contribution in [3.8, 4) is 5.75 Å². The molecule has 0 fully saturated rings. The highest BCUT2D eigenvalue weighted by Crippen LogP contribution is 2.11. The summed E-state index contributed by atoms with van der Waals surface area (Å²) >= 11 is 0. The highest BCUT2D eigenvalue weighted by molar-refractivity contribution is 5.26. The number of hydrogen-bond donors (Lipinski definition) is 2. The van der Waals surface area contributed by atoms with Crippen LogP contribution in [0.2, 0.25) is 0 Å². The van der Waals surface area contributed by atoms with Gasteiger partial charge in [-0.2, -0.15) is 5.10 Å². The first-order chi connectivity index (χ1) is 10.0. The van der Waals surface area contributed by atoms with Crippen LogP contribution in [-0.4, -0.2) is 27.5 Å². The van der Waals surface area contributed by atoms with E-state index in [1.807, 2.05) is 19.1 Å². The Labute approximate surface area is 126 Å². The van der Waals surface area contributed by atoms with E-state index in [2.05, 4.69) is 35.0 Å². The van der Waals surface area contributed by atoms with Gasteiger partial charge in [0.25, 0.3) is 0 Å². The summed E-state index contributed by atoms with van der Waals surface area (Å²) in [7, 11) is 0. The number of aromatic hydroxyl groups is 1. The van der Waals surface area contributed by atoms with E-state index in [0.29, 0.717) is 11.8 Å². The van der Waals surface area contributed by atoms with Crippen molar-refractivity contribution in [1.82, 2.24) is 15.1 Å². The van der Waals surface area contributed by atoms with Crippen LogP contribution in [0.3, 0.4) is 0 Å². The lowest BCUT2D eigenvalue weighted by Crippen LogP contribution is -2.29. The standard InChI is InChI=1S/C17H25N3O/c1-13(12-16-5-7-17(21)8-6-16)18-9-4-10-20-15(3)11-14(2)19-20/h5-8,11,13,18,21H,4,9-10,12H2,1-3H3. The maximum atomic E-state index is 9.27. The molecule has 0 aliphatic rings. The largest absolute Gasteiger partial charge is 0.508 e. The molecule has 2 N–H and O–H groups in total. The van der Waals surface area contributed by atoms with Crippen LogP contribution in [0.25, 0.3) is 0 Å². The zero-order valence-electron chi connectivity index (χ0n) is 13.1. The van der Waals surface area contributed by atoms with Crippen LogP contribution in [-0.2, 0) is 13.0 Å². The van der Waals surface area contributed by atoms with Crippen molar-refractivity contribution in [2.75, 3.05) is 6.54 Å². The van der Waals surface area contributed by atoms with E-state index in [9.17, 15) is 5.11 Å². The van der Waals surface area contributed by atoms with Gasteiger partial charge in [-0.15, -0.1) is 0 Å². The third-order valence-electron chi connectivity index (χ3n) is 3.62. The topological polar surface area (TPSA) is 50.1 Å². The average molecular weight is 287 g/mol. The first kappa shape index (κ1) is 15.6. The first-order valence-electron chi connectivity index (χ1n) is 7.57. The third kappa shape index (κ3) is 4.90. The minimum absolute atomic E-state index is 0.323. The van der Waals surface area contributed by atoms with Crippen molar-refractivity contribution >= 4 is 0 Å². The van der Waals surface area contributed by atoms with E-state index in [-0.39, 0.29) is 0 Å². The average Bonchev–Trinajstić information content (AvgIpc) is 2.76. The Balaban J connectivity index is 1.68. The number of benzene rings is 1. The number of rotatable bonds is 7. The van der Waals surface area contributed by atoms with Gasteiger partial charge in [0.15, 0.2) is 0 Å². The summed E-state index contributed by atoms with van der Waals surface area (Å²) in [6.07, 6.45) is 2.04. The normalized spacial score (nSPS) is 12.5. The van der Waals surface area contributed by atoms with Gasteiger partial charge in [-0.3, -0.25) is 4.68 Å². The Bertz CT molecular complexity index is 560. The number of phenols is 1. The monoisotopic (exact) mass is 287 g/mol. The first-order valence-corrected chi connectivity index (χ1v) is 7.57. The summed E-state index contributed by atoms with van der Waals surface area (Å²) < 4.78 is 2.07. The van der Waals surface area contributed by atoms with Crippen molar-refractivity contribution in [3.63, 3.8) is 0 Å². The Morgan fingerprint density at radius 3 is 2.57 bits per heavy atom. The van der Waals surface area contributed by atoms with E-state index in [4.69, 9.17) is 0 Å². The lowest BCUT2D eigenvalue weighted by atomic mass is 10.1. The quantitative estimate of drug-likeness (QED) is 0.770. The summed E-state index contributed by atoms with van der Waals surface area (Å²) in [5, 5.41) is 17.3. The summed E-state index contributed by atoms with van der Waals surface area (Å²) in [5.41, 5.74) is 3.55. The molecule has 1 aromatic heterocycles. The number of aryl methyl sites for hydroxylation is 3. The zero-order valence-corrected chi connectivity index (χ0v) is 13.1. The van der Waals surface area contributed by atoms with Crippen LogP contribution in [0.5, 0.6) is 5.75 Å². The lowest BCUT2D eigenvalue weighted by Gasteiger charge is -2.14. The van der Waals surface area contributed by atoms with E-state index in [1.54, 1.807) is 12.1 Å². The Hall–Kier alpha value is -1.81. The number of aromatic nitrogens is 2. The molecule has 1 unspecified atom stereocenters. The van der Waals surface area contributed by atoms with Crippen molar-refractivity contribution in [2.45, 2.75) is 46.2 Å². The molecule has 1 aromatic carbocycles. The number of nitrogens with zero attached hydrogens (tertiary/aromatic N) is 2. The van der Waals surface area contributed by atoms with Gasteiger partial charge in [-0.25, -0.2) is 0 Å². The van der Waals surface area contributed by atoms with Crippen molar-refractivity contribution in [2.24, 2.45) is 0 Å².